The van der Waals surface area contributed by atoms with Crippen LogP contribution in [0.4, 0.5) is 0 Å². The third-order valence-corrected chi connectivity index (χ3v) is 3.75. The first-order valence-corrected chi connectivity index (χ1v) is 7.44. The van der Waals surface area contributed by atoms with Gasteiger partial charge in [-0.2, -0.15) is 0 Å². The van der Waals surface area contributed by atoms with E-state index in [1.54, 1.807) is 6.07 Å². The first-order valence-electron chi connectivity index (χ1n) is 7.06. The lowest BCUT2D eigenvalue weighted by atomic mass is 9.97. The van der Waals surface area contributed by atoms with E-state index in [4.69, 9.17) is 16.3 Å². The number of amides is 1. The van der Waals surface area contributed by atoms with Gasteiger partial charge in [-0.3, -0.25) is 4.79 Å². The minimum atomic E-state index is -0.111. The van der Waals surface area contributed by atoms with Crippen LogP contribution in [-0.4, -0.2) is 31.6 Å². The maximum absolute atomic E-state index is 12.0. The van der Waals surface area contributed by atoms with Crippen LogP contribution in [0.25, 0.3) is 0 Å². The Morgan fingerprint density at radius 2 is 2.10 bits per heavy atom. The van der Waals surface area contributed by atoms with E-state index in [2.05, 4.69) is 10.6 Å². The van der Waals surface area contributed by atoms with Crippen molar-refractivity contribution in [2.75, 3.05) is 19.6 Å². The SMILES string of the molecule is CC(CNC(=O)C1CCNCC1)Oc1ccccc1Cl.Cl. The summed E-state index contributed by atoms with van der Waals surface area (Å²) in [7, 11) is 0. The van der Waals surface area contributed by atoms with Crippen LogP contribution in [-0.2, 0) is 4.79 Å². The van der Waals surface area contributed by atoms with Gasteiger partial charge in [-0.1, -0.05) is 23.7 Å². The molecule has 2 N–H and O–H groups in total. The van der Waals surface area contributed by atoms with Gasteiger partial charge < -0.3 is 15.4 Å². The van der Waals surface area contributed by atoms with E-state index < -0.39 is 0 Å². The highest BCUT2D eigenvalue weighted by Gasteiger charge is 2.21. The summed E-state index contributed by atoms with van der Waals surface area (Å²) >= 11 is 6.03. The summed E-state index contributed by atoms with van der Waals surface area (Å²) in [6.07, 6.45) is 1.71. The monoisotopic (exact) mass is 332 g/mol. The summed E-state index contributed by atoms with van der Waals surface area (Å²) in [5, 5.41) is 6.80. The molecular formula is C15H22Cl2N2O2. The number of nitrogens with one attached hydrogen (secondary N) is 2. The molecule has 118 valence electrons. The molecule has 0 spiro atoms. The summed E-state index contributed by atoms with van der Waals surface area (Å²) in [6, 6.07) is 7.35. The molecule has 1 unspecified atom stereocenters. The van der Waals surface area contributed by atoms with Crippen molar-refractivity contribution in [1.29, 1.82) is 0 Å². The van der Waals surface area contributed by atoms with Gasteiger partial charge in [0.2, 0.25) is 5.91 Å². The minimum Gasteiger partial charge on any atom is -0.487 e. The second kappa shape index (κ2) is 9.13. The number of halogens is 2. The van der Waals surface area contributed by atoms with Gasteiger partial charge in [0.25, 0.3) is 0 Å². The second-order valence-corrected chi connectivity index (χ2v) is 5.54. The van der Waals surface area contributed by atoms with E-state index >= 15 is 0 Å². The van der Waals surface area contributed by atoms with Gasteiger partial charge >= 0.3 is 0 Å². The number of ether oxygens (including phenoxy) is 1. The summed E-state index contributed by atoms with van der Waals surface area (Å²) in [6.45, 7) is 4.26. The standard InChI is InChI=1S/C15H21ClN2O2.ClH/c1-11(20-14-5-3-2-4-13(14)16)10-18-15(19)12-6-8-17-9-7-12;/h2-5,11-12,17H,6-10H2,1H3,(H,18,19);1H. The van der Waals surface area contributed by atoms with Crippen LogP contribution in [0.1, 0.15) is 19.8 Å². The molecule has 6 heteroatoms. The zero-order chi connectivity index (χ0) is 14.4. The summed E-state index contributed by atoms with van der Waals surface area (Å²) in [5.41, 5.74) is 0. The molecule has 0 saturated carbocycles. The Morgan fingerprint density at radius 3 is 2.76 bits per heavy atom. The first kappa shape index (κ1) is 18.1. The first-order chi connectivity index (χ1) is 9.66. The van der Waals surface area contributed by atoms with E-state index in [9.17, 15) is 4.79 Å². The molecule has 1 heterocycles. The molecule has 0 bridgehead atoms. The van der Waals surface area contributed by atoms with Crippen molar-refractivity contribution in [3.05, 3.63) is 29.3 Å². The van der Waals surface area contributed by atoms with Gasteiger partial charge in [-0.05, 0) is 45.0 Å². The lowest BCUT2D eigenvalue weighted by Gasteiger charge is -2.23. The number of hydrogen-bond acceptors (Lipinski definition) is 3. The topological polar surface area (TPSA) is 50.4 Å². The molecule has 1 aliphatic heterocycles. The fraction of sp³-hybridized carbons (Fsp3) is 0.533. The highest BCUT2D eigenvalue weighted by molar-refractivity contribution is 6.32. The van der Waals surface area contributed by atoms with Crippen LogP contribution in [0.15, 0.2) is 24.3 Å². The van der Waals surface area contributed by atoms with E-state index in [-0.39, 0.29) is 30.3 Å². The Morgan fingerprint density at radius 1 is 1.43 bits per heavy atom. The fourth-order valence-corrected chi connectivity index (χ4v) is 2.45. The van der Waals surface area contributed by atoms with E-state index in [0.717, 1.165) is 25.9 Å². The van der Waals surface area contributed by atoms with E-state index in [1.165, 1.54) is 0 Å². The molecule has 0 aliphatic carbocycles. The van der Waals surface area contributed by atoms with Gasteiger partial charge in [0.15, 0.2) is 0 Å². The van der Waals surface area contributed by atoms with Gasteiger partial charge in [-0.15, -0.1) is 12.4 Å². The van der Waals surface area contributed by atoms with Gasteiger partial charge in [0, 0.05) is 5.92 Å². The Kier molecular flexibility index (Phi) is 7.86. The maximum Gasteiger partial charge on any atom is 0.223 e. The van der Waals surface area contributed by atoms with E-state index in [1.807, 2.05) is 25.1 Å². The smallest absolute Gasteiger partial charge is 0.223 e. The summed E-state index contributed by atoms with van der Waals surface area (Å²) in [5.74, 6) is 0.905. The normalized spacial score (nSPS) is 16.7. The maximum atomic E-state index is 12.0. The number of carbonyl (C=O) groups is 1. The molecule has 1 aromatic carbocycles. The molecule has 4 nitrogen and oxygen atoms in total. The van der Waals surface area contributed by atoms with Crippen LogP contribution in [0.2, 0.25) is 5.02 Å². The van der Waals surface area contributed by atoms with Crippen molar-refractivity contribution in [3.63, 3.8) is 0 Å². The molecule has 0 radical (unpaired) electrons. The quantitative estimate of drug-likeness (QED) is 0.871. The predicted molar refractivity (Wildman–Crippen MR) is 87.4 cm³/mol. The van der Waals surface area contributed by atoms with Gasteiger partial charge in [-0.25, -0.2) is 0 Å². The molecule has 1 aliphatic rings. The van der Waals surface area contributed by atoms with Crippen LogP contribution in [0.5, 0.6) is 5.75 Å². The Labute approximate surface area is 137 Å². The molecule has 21 heavy (non-hydrogen) atoms. The predicted octanol–water partition coefficient (Wildman–Crippen LogP) is 2.64. The van der Waals surface area contributed by atoms with Crippen LogP contribution >= 0.6 is 24.0 Å². The molecule has 1 atom stereocenters. The number of benzene rings is 1. The lowest BCUT2D eigenvalue weighted by Crippen LogP contribution is -2.41. The third-order valence-electron chi connectivity index (χ3n) is 3.44. The minimum absolute atomic E-state index is 0. The van der Waals surface area contributed by atoms with E-state index in [0.29, 0.717) is 17.3 Å². The molecular weight excluding hydrogens is 311 g/mol. The number of para-hydroxylation sites is 1. The van der Waals surface area contributed by atoms with Crippen LogP contribution in [0, 0.1) is 5.92 Å². The Hall–Kier alpha value is -0.970. The zero-order valence-corrected chi connectivity index (χ0v) is 13.7. The lowest BCUT2D eigenvalue weighted by molar-refractivity contribution is -0.126. The number of rotatable bonds is 5. The molecule has 1 fully saturated rings. The molecule has 1 amide bonds. The van der Waals surface area contributed by atoms with Crippen LogP contribution in [0.3, 0.4) is 0 Å². The van der Waals surface area contributed by atoms with Crippen molar-refractivity contribution < 1.29 is 9.53 Å². The third kappa shape index (κ3) is 5.73. The fourth-order valence-electron chi connectivity index (χ4n) is 2.27. The largest absolute Gasteiger partial charge is 0.487 e. The number of piperidine rings is 1. The van der Waals surface area contributed by atoms with Crippen molar-refractivity contribution in [3.8, 4) is 5.75 Å². The average molecular weight is 333 g/mol. The van der Waals surface area contributed by atoms with Gasteiger partial charge in [0.1, 0.15) is 11.9 Å². The molecule has 0 aromatic heterocycles. The van der Waals surface area contributed by atoms with Crippen molar-refractivity contribution in [1.82, 2.24) is 10.6 Å². The highest BCUT2D eigenvalue weighted by Crippen LogP contribution is 2.24. The van der Waals surface area contributed by atoms with Gasteiger partial charge in [0.05, 0.1) is 11.6 Å². The summed E-state index contributed by atoms with van der Waals surface area (Å²) in [4.78, 5) is 12.0. The second-order valence-electron chi connectivity index (χ2n) is 5.13. The summed E-state index contributed by atoms with van der Waals surface area (Å²) < 4.78 is 5.72. The number of carbonyl (C=O) groups excluding carboxylic acids is 1. The van der Waals surface area contributed by atoms with Crippen molar-refractivity contribution >= 4 is 29.9 Å². The molecule has 1 aromatic rings. The number of hydrogen-bond donors (Lipinski definition) is 2. The van der Waals surface area contributed by atoms with Crippen molar-refractivity contribution in [2.45, 2.75) is 25.9 Å². The van der Waals surface area contributed by atoms with Crippen LogP contribution < -0.4 is 15.4 Å². The van der Waals surface area contributed by atoms with Crippen molar-refractivity contribution in [2.24, 2.45) is 5.92 Å². The average Bonchev–Trinajstić information content (AvgIpc) is 2.48. The molecule has 2 rings (SSSR count). The Bertz CT molecular complexity index is 451. The molecule has 1 saturated heterocycles. The highest BCUT2D eigenvalue weighted by atomic mass is 35.5. The zero-order valence-electron chi connectivity index (χ0n) is 12.1. The Balaban J connectivity index is 0.00000220.